The van der Waals surface area contributed by atoms with Gasteiger partial charge in [-0.15, -0.1) is 0 Å². The van der Waals surface area contributed by atoms with Crippen LogP contribution in [0, 0.1) is 11.6 Å². The number of rotatable bonds is 8. The number of urea groups is 1. The van der Waals surface area contributed by atoms with Gasteiger partial charge in [0.2, 0.25) is 0 Å². The summed E-state index contributed by atoms with van der Waals surface area (Å²) in [5.74, 6) is -0.123. The van der Waals surface area contributed by atoms with Crippen LogP contribution in [0.4, 0.5) is 19.3 Å². The molecule has 1 heterocycles. The van der Waals surface area contributed by atoms with Crippen LogP contribution in [0.15, 0.2) is 91.0 Å². The number of nitrogens with zero attached hydrogens (tertiary/aromatic N) is 1. The van der Waals surface area contributed by atoms with Gasteiger partial charge in [0, 0.05) is 37.0 Å². The summed E-state index contributed by atoms with van der Waals surface area (Å²) in [5.41, 5.74) is -0.292. The van der Waals surface area contributed by atoms with E-state index in [-0.39, 0.29) is 37.8 Å². The summed E-state index contributed by atoms with van der Waals surface area (Å²) in [6.45, 7) is 0.554. The first-order valence-electron chi connectivity index (χ1n) is 14.3. The summed E-state index contributed by atoms with van der Waals surface area (Å²) in [6, 6.07) is 22.6. The van der Waals surface area contributed by atoms with Crippen molar-refractivity contribution in [1.29, 1.82) is 0 Å². The molecule has 2 fully saturated rings. The lowest BCUT2D eigenvalue weighted by molar-refractivity contribution is -0.140. The first-order valence-corrected chi connectivity index (χ1v) is 14.3. The summed E-state index contributed by atoms with van der Waals surface area (Å²) in [4.78, 5) is 26.5. The van der Waals surface area contributed by atoms with E-state index in [9.17, 15) is 28.6 Å². The molecule has 44 heavy (non-hydrogen) atoms. The molecule has 6 rings (SSSR count). The number of aliphatic hydroxyl groups is 1. The number of nitrogens with one attached hydrogen (secondary N) is 1. The Balaban J connectivity index is 1.18. The lowest BCUT2D eigenvalue weighted by Gasteiger charge is -2.38. The molecule has 0 aromatic heterocycles. The second kappa shape index (κ2) is 11.6. The quantitative estimate of drug-likeness (QED) is 0.198. The second-order valence-corrected chi connectivity index (χ2v) is 11.2. The minimum atomic E-state index is -1.16. The van der Waals surface area contributed by atoms with E-state index in [1.54, 1.807) is 59.5 Å². The molecule has 1 aliphatic heterocycles. The highest BCUT2D eigenvalue weighted by Gasteiger charge is 2.51. The van der Waals surface area contributed by atoms with Gasteiger partial charge in [-0.1, -0.05) is 24.3 Å². The molecule has 1 saturated heterocycles. The van der Waals surface area contributed by atoms with Gasteiger partial charge in [0.15, 0.2) is 0 Å². The van der Waals surface area contributed by atoms with E-state index in [0.717, 1.165) is 0 Å². The number of piperidine rings is 1. The summed E-state index contributed by atoms with van der Waals surface area (Å²) < 4.78 is 38.8. The van der Waals surface area contributed by atoms with Gasteiger partial charge in [0.25, 0.3) is 0 Å². The van der Waals surface area contributed by atoms with E-state index >= 15 is 0 Å². The Morgan fingerprint density at radius 3 is 1.66 bits per heavy atom. The minimum absolute atomic E-state index is 0.277. The highest BCUT2D eigenvalue weighted by molar-refractivity contribution is 5.90. The third-order valence-corrected chi connectivity index (χ3v) is 8.24. The number of hydrogen-bond donors (Lipinski definition) is 3. The maximum atomic E-state index is 13.4. The van der Waals surface area contributed by atoms with Crippen molar-refractivity contribution in [3.05, 3.63) is 114 Å². The second-order valence-electron chi connectivity index (χ2n) is 11.2. The van der Waals surface area contributed by atoms with Gasteiger partial charge in [0.1, 0.15) is 34.6 Å². The maximum Gasteiger partial charge on any atom is 0.321 e. The summed E-state index contributed by atoms with van der Waals surface area (Å²) in [5, 5.41) is 23.6. The van der Waals surface area contributed by atoms with Gasteiger partial charge in [-0.25, -0.2) is 13.6 Å². The number of anilines is 1. The zero-order chi connectivity index (χ0) is 30.9. The predicted octanol–water partition coefficient (Wildman–Crippen LogP) is 7.18. The molecule has 0 atom stereocenters. The molecular weight excluding hydrogens is 570 g/mol. The van der Waals surface area contributed by atoms with Crippen LogP contribution in [0.25, 0.3) is 0 Å². The van der Waals surface area contributed by atoms with Gasteiger partial charge in [-0.2, -0.15) is 0 Å². The Hall–Kier alpha value is -4.96. The number of hydrogen-bond acceptors (Lipinski definition) is 5. The van der Waals surface area contributed by atoms with E-state index in [1.807, 2.05) is 0 Å². The molecule has 0 spiro atoms. The number of halogens is 2. The Labute approximate surface area is 252 Å². The average Bonchev–Trinajstić information content (AvgIpc) is 3.82. The number of ether oxygens (including phenoxy) is 2. The minimum Gasteiger partial charge on any atom is -0.481 e. The van der Waals surface area contributed by atoms with Gasteiger partial charge in [-0.05, 0) is 85.3 Å². The number of carboxylic acids is 1. The Bertz CT molecular complexity index is 1660. The zero-order valence-corrected chi connectivity index (χ0v) is 23.6. The molecular formula is C34H30F2N2O6. The molecule has 4 aromatic carbocycles. The van der Waals surface area contributed by atoms with Crippen LogP contribution in [0.5, 0.6) is 23.0 Å². The van der Waals surface area contributed by atoms with E-state index in [2.05, 4.69) is 5.32 Å². The summed E-state index contributed by atoms with van der Waals surface area (Å²) in [7, 11) is 0. The van der Waals surface area contributed by atoms with Crippen LogP contribution < -0.4 is 14.8 Å². The topological polar surface area (TPSA) is 108 Å². The monoisotopic (exact) mass is 600 g/mol. The molecule has 1 aliphatic carbocycles. The van der Waals surface area contributed by atoms with Crippen molar-refractivity contribution in [1.82, 2.24) is 4.90 Å². The fourth-order valence-electron chi connectivity index (χ4n) is 5.46. The molecule has 0 radical (unpaired) electrons. The Morgan fingerprint density at radius 1 is 0.682 bits per heavy atom. The van der Waals surface area contributed by atoms with E-state index in [1.165, 1.54) is 36.4 Å². The molecule has 2 amide bonds. The van der Waals surface area contributed by atoms with Crippen LogP contribution in [-0.2, 0) is 15.8 Å². The van der Waals surface area contributed by atoms with Gasteiger partial charge in [-0.3, -0.25) is 4.79 Å². The molecule has 10 heteroatoms. The van der Waals surface area contributed by atoms with Crippen molar-refractivity contribution in [3.8, 4) is 23.0 Å². The number of likely N-dealkylation sites (tertiary alicyclic amines) is 1. The number of aliphatic carboxylic acids is 1. The molecule has 1 saturated carbocycles. The number of amides is 2. The smallest absolute Gasteiger partial charge is 0.321 e. The number of benzene rings is 4. The molecule has 8 nitrogen and oxygen atoms in total. The number of carboxylic acid groups (broad SMARTS) is 1. The molecule has 0 bridgehead atoms. The lowest BCUT2D eigenvalue weighted by atomic mass is 9.84. The van der Waals surface area contributed by atoms with Crippen molar-refractivity contribution in [2.45, 2.75) is 36.7 Å². The maximum absolute atomic E-state index is 13.4. The van der Waals surface area contributed by atoms with Crippen molar-refractivity contribution < 1.29 is 38.1 Å². The van der Waals surface area contributed by atoms with Crippen LogP contribution in [0.3, 0.4) is 0 Å². The predicted molar refractivity (Wildman–Crippen MR) is 158 cm³/mol. The van der Waals surface area contributed by atoms with Crippen LogP contribution in [-0.4, -0.2) is 40.2 Å². The third kappa shape index (κ3) is 6.21. The van der Waals surface area contributed by atoms with Gasteiger partial charge in [0.05, 0.1) is 11.0 Å². The van der Waals surface area contributed by atoms with Crippen molar-refractivity contribution in [2.24, 2.45) is 0 Å². The van der Waals surface area contributed by atoms with Crippen molar-refractivity contribution >= 4 is 17.7 Å². The summed E-state index contributed by atoms with van der Waals surface area (Å²) >= 11 is 0. The average molecular weight is 601 g/mol. The first-order chi connectivity index (χ1) is 21.1. The molecule has 2 aliphatic rings. The molecule has 0 unspecified atom stereocenters. The first kappa shape index (κ1) is 29.1. The highest BCUT2D eigenvalue weighted by Crippen LogP contribution is 2.48. The van der Waals surface area contributed by atoms with Gasteiger partial charge < -0.3 is 29.9 Å². The van der Waals surface area contributed by atoms with Crippen LogP contribution in [0.2, 0.25) is 0 Å². The highest BCUT2D eigenvalue weighted by atomic mass is 19.1. The third-order valence-electron chi connectivity index (χ3n) is 8.24. The van der Waals surface area contributed by atoms with Gasteiger partial charge >= 0.3 is 12.0 Å². The van der Waals surface area contributed by atoms with E-state index < -0.39 is 22.8 Å². The van der Waals surface area contributed by atoms with E-state index in [4.69, 9.17) is 9.47 Å². The van der Waals surface area contributed by atoms with Crippen LogP contribution >= 0.6 is 0 Å². The fourth-order valence-corrected chi connectivity index (χ4v) is 5.46. The Kier molecular flexibility index (Phi) is 7.69. The normalized spacial score (nSPS) is 16.6. The van der Waals surface area contributed by atoms with Crippen molar-refractivity contribution in [2.75, 3.05) is 18.4 Å². The Morgan fingerprint density at radius 2 is 1.16 bits per heavy atom. The number of carbonyl (C=O) groups excluding carboxylic acids is 1. The SMILES string of the molecule is O=C(Nc1cc(Oc2ccc(F)cc2)cc(Oc2ccc(C3(C(=O)O)CC3)cc2)c1)N1CCC(O)(c2ccc(F)cc2)CC1. The summed E-state index contributed by atoms with van der Waals surface area (Å²) in [6.07, 6.45) is 1.76. The molecule has 3 N–H and O–H groups in total. The molecule has 4 aromatic rings. The fraction of sp³-hybridized carbons (Fsp3) is 0.235. The largest absolute Gasteiger partial charge is 0.481 e. The van der Waals surface area contributed by atoms with Crippen molar-refractivity contribution in [3.63, 3.8) is 0 Å². The van der Waals surface area contributed by atoms with E-state index in [0.29, 0.717) is 52.7 Å². The van der Waals surface area contributed by atoms with Crippen LogP contribution in [0.1, 0.15) is 36.8 Å². The zero-order valence-electron chi connectivity index (χ0n) is 23.6. The number of carbonyl (C=O) groups is 2. The lowest BCUT2D eigenvalue weighted by Crippen LogP contribution is -2.46. The standard InChI is InChI=1S/C34H30F2N2O6/c35-24-5-1-23(2-6-24)34(42)15-17-38(18-16-34)32(41)37-26-19-29(21-30(20-26)44-28-11-7-25(36)8-12-28)43-27-9-3-22(4-10-27)33(13-14-33)31(39)40/h1-12,19-21,42H,13-18H2,(H,37,41)(H,39,40). The molecule has 226 valence electrons.